The predicted molar refractivity (Wildman–Crippen MR) is 68.8 cm³/mol. The molecule has 0 unspecified atom stereocenters. The summed E-state index contributed by atoms with van der Waals surface area (Å²) in [5.41, 5.74) is 0.119. The molecule has 0 aromatic heterocycles. The molecule has 2 amide bonds. The summed E-state index contributed by atoms with van der Waals surface area (Å²) in [7, 11) is 4.72. The number of phenols is 1. The van der Waals surface area contributed by atoms with Crippen LogP contribution in [0.15, 0.2) is 18.2 Å². The molecular weight excluding hydrogens is 256 g/mol. The molecule has 0 saturated heterocycles. The lowest BCUT2D eigenvalue weighted by molar-refractivity contribution is -0.129. The van der Waals surface area contributed by atoms with E-state index in [2.05, 4.69) is 0 Å². The van der Waals surface area contributed by atoms with Gasteiger partial charge in [-0.1, -0.05) is 11.6 Å². The van der Waals surface area contributed by atoms with Gasteiger partial charge in [-0.2, -0.15) is 0 Å². The fourth-order valence-corrected chi connectivity index (χ4v) is 1.47. The minimum Gasteiger partial charge on any atom is -0.507 e. The number of hydrogen-bond donors (Lipinski definition) is 1. The van der Waals surface area contributed by atoms with Gasteiger partial charge in [0.1, 0.15) is 5.75 Å². The maximum absolute atomic E-state index is 12.0. The second-order valence-electron chi connectivity index (χ2n) is 4.11. The van der Waals surface area contributed by atoms with Gasteiger partial charge >= 0.3 is 0 Å². The zero-order chi connectivity index (χ0) is 13.9. The van der Waals surface area contributed by atoms with E-state index in [4.69, 9.17) is 11.6 Å². The molecular formula is C12H15ClN2O3. The van der Waals surface area contributed by atoms with E-state index >= 15 is 0 Å². The van der Waals surface area contributed by atoms with Gasteiger partial charge < -0.3 is 14.9 Å². The van der Waals surface area contributed by atoms with Crippen molar-refractivity contribution in [1.82, 2.24) is 9.80 Å². The Balaban J connectivity index is 2.84. The Labute approximate surface area is 111 Å². The molecule has 0 atom stereocenters. The number of carbonyl (C=O) groups is 2. The standard InChI is InChI=1S/C12H15ClN2O3/c1-14(2)11(17)7-15(3)12(18)9-5-4-8(13)6-10(9)16/h4-6,16H,7H2,1-3H3. The highest BCUT2D eigenvalue weighted by atomic mass is 35.5. The zero-order valence-electron chi connectivity index (χ0n) is 10.5. The summed E-state index contributed by atoms with van der Waals surface area (Å²) in [5, 5.41) is 9.97. The third-order valence-corrected chi connectivity index (χ3v) is 2.64. The van der Waals surface area contributed by atoms with E-state index in [0.29, 0.717) is 5.02 Å². The van der Waals surface area contributed by atoms with Crippen molar-refractivity contribution >= 4 is 23.4 Å². The van der Waals surface area contributed by atoms with Crippen LogP contribution in [0.2, 0.25) is 5.02 Å². The molecule has 1 N–H and O–H groups in total. The molecule has 0 heterocycles. The molecule has 0 aliphatic carbocycles. The molecule has 5 nitrogen and oxygen atoms in total. The predicted octanol–water partition coefficient (Wildman–Crippen LogP) is 1.21. The van der Waals surface area contributed by atoms with Crippen LogP contribution in [0.25, 0.3) is 0 Å². The average Bonchev–Trinajstić information content (AvgIpc) is 2.27. The van der Waals surface area contributed by atoms with Crippen LogP contribution in [0.1, 0.15) is 10.4 Å². The Bertz CT molecular complexity index is 474. The molecule has 1 rings (SSSR count). The smallest absolute Gasteiger partial charge is 0.257 e. The summed E-state index contributed by atoms with van der Waals surface area (Å²) in [5.74, 6) is -0.824. The summed E-state index contributed by atoms with van der Waals surface area (Å²) < 4.78 is 0. The lowest BCUT2D eigenvalue weighted by atomic mass is 10.2. The Kier molecular flexibility index (Phi) is 4.55. The maximum atomic E-state index is 12.0. The highest BCUT2D eigenvalue weighted by molar-refractivity contribution is 6.30. The molecule has 18 heavy (non-hydrogen) atoms. The van der Waals surface area contributed by atoms with Crippen molar-refractivity contribution in [3.8, 4) is 5.75 Å². The first-order valence-electron chi connectivity index (χ1n) is 5.27. The third-order valence-electron chi connectivity index (χ3n) is 2.41. The number of halogens is 1. The van der Waals surface area contributed by atoms with Crippen LogP contribution >= 0.6 is 11.6 Å². The second-order valence-corrected chi connectivity index (χ2v) is 4.55. The maximum Gasteiger partial charge on any atom is 0.257 e. The van der Waals surface area contributed by atoms with Gasteiger partial charge in [-0.05, 0) is 18.2 Å². The van der Waals surface area contributed by atoms with Gasteiger partial charge in [-0.15, -0.1) is 0 Å². The Morgan fingerprint density at radius 1 is 1.28 bits per heavy atom. The fourth-order valence-electron chi connectivity index (χ4n) is 1.31. The summed E-state index contributed by atoms with van der Waals surface area (Å²) in [4.78, 5) is 26.1. The van der Waals surface area contributed by atoms with Crippen molar-refractivity contribution in [2.75, 3.05) is 27.7 Å². The monoisotopic (exact) mass is 270 g/mol. The van der Waals surface area contributed by atoms with E-state index in [1.807, 2.05) is 0 Å². The van der Waals surface area contributed by atoms with Crippen molar-refractivity contribution in [1.29, 1.82) is 0 Å². The Morgan fingerprint density at radius 3 is 2.39 bits per heavy atom. The van der Waals surface area contributed by atoms with E-state index < -0.39 is 5.91 Å². The second kappa shape index (κ2) is 5.73. The quantitative estimate of drug-likeness (QED) is 0.898. The van der Waals surface area contributed by atoms with Gasteiger partial charge in [0.25, 0.3) is 5.91 Å². The van der Waals surface area contributed by atoms with Gasteiger partial charge in [-0.25, -0.2) is 0 Å². The summed E-state index contributed by atoms with van der Waals surface area (Å²) in [6, 6.07) is 4.23. The molecule has 0 radical (unpaired) electrons. The van der Waals surface area contributed by atoms with E-state index in [1.165, 1.54) is 35.0 Å². The van der Waals surface area contributed by atoms with Crippen molar-refractivity contribution in [3.63, 3.8) is 0 Å². The molecule has 0 fully saturated rings. The highest BCUT2D eigenvalue weighted by Crippen LogP contribution is 2.22. The fraction of sp³-hybridized carbons (Fsp3) is 0.333. The molecule has 0 saturated carbocycles. The van der Waals surface area contributed by atoms with E-state index in [-0.39, 0.29) is 23.8 Å². The lowest BCUT2D eigenvalue weighted by Gasteiger charge is -2.19. The molecule has 0 aliphatic heterocycles. The van der Waals surface area contributed by atoms with E-state index in [1.54, 1.807) is 14.1 Å². The molecule has 0 aliphatic rings. The lowest BCUT2D eigenvalue weighted by Crippen LogP contribution is -2.37. The third kappa shape index (κ3) is 3.37. The number of likely N-dealkylation sites (N-methyl/N-ethyl adjacent to an activating group) is 2. The van der Waals surface area contributed by atoms with Crippen LogP contribution in [-0.2, 0) is 4.79 Å². The van der Waals surface area contributed by atoms with E-state index in [0.717, 1.165) is 0 Å². The Morgan fingerprint density at radius 2 is 1.89 bits per heavy atom. The zero-order valence-corrected chi connectivity index (χ0v) is 11.2. The van der Waals surface area contributed by atoms with Gasteiger partial charge in [0, 0.05) is 26.2 Å². The minimum absolute atomic E-state index is 0.0477. The number of carbonyl (C=O) groups excluding carboxylic acids is 2. The summed E-state index contributed by atoms with van der Waals surface area (Å²) >= 11 is 5.68. The Hall–Kier alpha value is -1.75. The molecule has 6 heteroatoms. The van der Waals surface area contributed by atoms with Crippen LogP contribution in [-0.4, -0.2) is 54.4 Å². The summed E-state index contributed by atoms with van der Waals surface area (Å²) in [6.07, 6.45) is 0. The number of nitrogens with zero attached hydrogens (tertiary/aromatic N) is 2. The molecule has 0 spiro atoms. The van der Waals surface area contributed by atoms with Gasteiger partial charge in [0.15, 0.2) is 0 Å². The highest BCUT2D eigenvalue weighted by Gasteiger charge is 2.18. The first kappa shape index (κ1) is 14.3. The van der Waals surface area contributed by atoms with Crippen LogP contribution in [0, 0.1) is 0 Å². The van der Waals surface area contributed by atoms with Crippen molar-refractivity contribution < 1.29 is 14.7 Å². The number of aromatic hydroxyl groups is 1. The molecule has 1 aromatic rings. The van der Waals surface area contributed by atoms with Crippen molar-refractivity contribution in [2.45, 2.75) is 0 Å². The number of phenolic OH excluding ortho intramolecular Hbond substituents is 1. The number of rotatable bonds is 3. The first-order valence-corrected chi connectivity index (χ1v) is 5.65. The number of amides is 2. The number of hydrogen-bond acceptors (Lipinski definition) is 3. The normalized spacial score (nSPS) is 10.0. The SMILES string of the molecule is CN(C)C(=O)CN(C)C(=O)c1ccc(Cl)cc1O. The van der Waals surface area contributed by atoms with Crippen LogP contribution in [0.5, 0.6) is 5.75 Å². The minimum atomic E-state index is -0.431. The van der Waals surface area contributed by atoms with Gasteiger partial charge in [0.2, 0.25) is 5.91 Å². The van der Waals surface area contributed by atoms with Crippen molar-refractivity contribution in [2.24, 2.45) is 0 Å². The van der Waals surface area contributed by atoms with Crippen molar-refractivity contribution in [3.05, 3.63) is 28.8 Å². The van der Waals surface area contributed by atoms with Gasteiger partial charge in [-0.3, -0.25) is 9.59 Å². The van der Waals surface area contributed by atoms with Crippen LogP contribution in [0.3, 0.4) is 0 Å². The largest absolute Gasteiger partial charge is 0.507 e. The van der Waals surface area contributed by atoms with Gasteiger partial charge in [0.05, 0.1) is 12.1 Å². The van der Waals surface area contributed by atoms with Crippen LogP contribution in [0.4, 0.5) is 0 Å². The number of benzene rings is 1. The molecule has 0 bridgehead atoms. The van der Waals surface area contributed by atoms with E-state index in [9.17, 15) is 14.7 Å². The molecule has 98 valence electrons. The average molecular weight is 271 g/mol. The first-order chi connectivity index (χ1) is 8.32. The molecule has 1 aromatic carbocycles. The topological polar surface area (TPSA) is 60.9 Å². The van der Waals surface area contributed by atoms with Crippen LogP contribution < -0.4 is 0 Å². The summed E-state index contributed by atoms with van der Waals surface area (Å²) in [6.45, 7) is -0.0477.